The first-order valence-electron chi connectivity index (χ1n) is 7.51. The highest BCUT2D eigenvalue weighted by Crippen LogP contribution is 2.22. The second-order valence-corrected chi connectivity index (χ2v) is 5.59. The van der Waals surface area contributed by atoms with E-state index in [4.69, 9.17) is 15.2 Å². The molecule has 4 heteroatoms. The van der Waals surface area contributed by atoms with Crippen LogP contribution in [0.2, 0.25) is 0 Å². The molecule has 2 fully saturated rings. The van der Waals surface area contributed by atoms with Gasteiger partial charge in [0.1, 0.15) is 0 Å². The normalized spacial score (nSPS) is 34.0. The number of nitrogens with zero attached hydrogens (tertiary/aromatic N) is 1. The van der Waals surface area contributed by atoms with Gasteiger partial charge in [0.25, 0.3) is 0 Å². The number of ether oxygens (including phenoxy) is 2. The van der Waals surface area contributed by atoms with Crippen LogP contribution < -0.4 is 5.73 Å². The predicted octanol–water partition coefficient (Wildman–Crippen LogP) is 1.38. The van der Waals surface area contributed by atoms with E-state index in [9.17, 15) is 0 Å². The van der Waals surface area contributed by atoms with Crippen molar-refractivity contribution in [3.05, 3.63) is 0 Å². The van der Waals surface area contributed by atoms with Gasteiger partial charge in [0.2, 0.25) is 0 Å². The van der Waals surface area contributed by atoms with E-state index in [0.29, 0.717) is 24.9 Å². The van der Waals surface area contributed by atoms with Gasteiger partial charge in [-0.3, -0.25) is 4.90 Å². The van der Waals surface area contributed by atoms with Gasteiger partial charge in [-0.2, -0.15) is 0 Å². The molecule has 2 N–H and O–H groups in total. The van der Waals surface area contributed by atoms with Gasteiger partial charge in [0, 0.05) is 26.2 Å². The zero-order valence-corrected chi connectivity index (χ0v) is 11.6. The summed E-state index contributed by atoms with van der Waals surface area (Å²) in [6, 6.07) is 0. The van der Waals surface area contributed by atoms with Crippen LogP contribution in [0.25, 0.3) is 0 Å². The molecule has 0 aliphatic carbocycles. The first-order valence-corrected chi connectivity index (χ1v) is 7.51. The van der Waals surface area contributed by atoms with Crippen molar-refractivity contribution in [1.82, 2.24) is 4.90 Å². The molecular formula is C14H28N2O2. The third-order valence-corrected chi connectivity index (χ3v) is 3.94. The molecule has 2 aliphatic rings. The van der Waals surface area contributed by atoms with E-state index in [0.717, 1.165) is 32.5 Å². The van der Waals surface area contributed by atoms with Gasteiger partial charge in [-0.05, 0) is 38.6 Å². The Morgan fingerprint density at radius 1 is 1.28 bits per heavy atom. The average molecular weight is 256 g/mol. The van der Waals surface area contributed by atoms with Gasteiger partial charge in [-0.1, -0.05) is 6.92 Å². The summed E-state index contributed by atoms with van der Waals surface area (Å²) >= 11 is 0. The van der Waals surface area contributed by atoms with Crippen molar-refractivity contribution >= 4 is 0 Å². The number of likely N-dealkylation sites (tertiary alicyclic amines) is 1. The van der Waals surface area contributed by atoms with E-state index in [2.05, 4.69) is 11.8 Å². The van der Waals surface area contributed by atoms with Crippen LogP contribution in [-0.2, 0) is 9.47 Å². The van der Waals surface area contributed by atoms with E-state index in [1.165, 1.54) is 25.8 Å². The van der Waals surface area contributed by atoms with Gasteiger partial charge < -0.3 is 15.2 Å². The Morgan fingerprint density at radius 2 is 2.11 bits per heavy atom. The Morgan fingerprint density at radius 3 is 2.83 bits per heavy atom. The average Bonchev–Trinajstić information content (AvgIpc) is 2.84. The van der Waals surface area contributed by atoms with Crippen LogP contribution in [0.5, 0.6) is 0 Å². The second-order valence-electron chi connectivity index (χ2n) is 5.59. The Bertz CT molecular complexity index is 238. The van der Waals surface area contributed by atoms with Gasteiger partial charge in [-0.25, -0.2) is 0 Å². The Hall–Kier alpha value is -0.160. The third kappa shape index (κ3) is 4.19. The fourth-order valence-electron chi connectivity index (χ4n) is 2.98. The summed E-state index contributed by atoms with van der Waals surface area (Å²) in [5.41, 5.74) is 5.65. The molecule has 106 valence electrons. The lowest BCUT2D eigenvalue weighted by Crippen LogP contribution is -2.43. The molecule has 0 aromatic heterocycles. The van der Waals surface area contributed by atoms with Crippen molar-refractivity contribution < 1.29 is 9.47 Å². The summed E-state index contributed by atoms with van der Waals surface area (Å²) in [5, 5.41) is 0. The van der Waals surface area contributed by atoms with Crippen LogP contribution in [0.3, 0.4) is 0 Å². The summed E-state index contributed by atoms with van der Waals surface area (Å²) in [6.07, 6.45) is 7.00. The molecule has 2 heterocycles. The molecule has 18 heavy (non-hydrogen) atoms. The molecule has 0 spiro atoms. The SMILES string of the molecule is CCCOC1CCCN(CC2CCC(CN)O2)C1. The van der Waals surface area contributed by atoms with Gasteiger partial charge >= 0.3 is 0 Å². The van der Waals surface area contributed by atoms with Crippen molar-refractivity contribution in [3.8, 4) is 0 Å². The molecular weight excluding hydrogens is 228 g/mol. The molecule has 0 aromatic carbocycles. The van der Waals surface area contributed by atoms with E-state index >= 15 is 0 Å². The zero-order valence-electron chi connectivity index (χ0n) is 11.6. The molecule has 2 saturated heterocycles. The predicted molar refractivity (Wildman–Crippen MR) is 72.7 cm³/mol. The number of nitrogens with two attached hydrogens (primary N) is 1. The highest BCUT2D eigenvalue weighted by atomic mass is 16.5. The molecule has 0 amide bonds. The minimum atomic E-state index is 0.298. The summed E-state index contributed by atoms with van der Waals surface area (Å²) in [7, 11) is 0. The van der Waals surface area contributed by atoms with Crippen LogP contribution in [0.15, 0.2) is 0 Å². The van der Waals surface area contributed by atoms with Gasteiger partial charge in [0.15, 0.2) is 0 Å². The van der Waals surface area contributed by atoms with Crippen LogP contribution >= 0.6 is 0 Å². The Labute approximate surface area is 111 Å². The third-order valence-electron chi connectivity index (χ3n) is 3.94. The number of hydrogen-bond acceptors (Lipinski definition) is 4. The molecule has 0 aromatic rings. The first kappa shape index (κ1) is 14.3. The highest BCUT2D eigenvalue weighted by molar-refractivity contribution is 4.80. The van der Waals surface area contributed by atoms with Crippen LogP contribution in [0.4, 0.5) is 0 Å². The topological polar surface area (TPSA) is 47.7 Å². The Balaban J connectivity index is 1.69. The lowest BCUT2D eigenvalue weighted by molar-refractivity contribution is -0.0236. The smallest absolute Gasteiger partial charge is 0.0707 e. The molecule has 0 radical (unpaired) electrons. The summed E-state index contributed by atoms with van der Waals surface area (Å²) in [4.78, 5) is 2.51. The van der Waals surface area contributed by atoms with Crippen LogP contribution in [0, 0.1) is 0 Å². The fraction of sp³-hybridized carbons (Fsp3) is 1.00. The number of piperidine rings is 1. The molecule has 2 rings (SSSR count). The minimum absolute atomic E-state index is 0.298. The molecule has 4 nitrogen and oxygen atoms in total. The molecule has 2 aliphatic heterocycles. The van der Waals surface area contributed by atoms with Gasteiger partial charge in [0.05, 0.1) is 18.3 Å². The lowest BCUT2D eigenvalue weighted by atomic mass is 10.1. The number of rotatable bonds is 6. The van der Waals surface area contributed by atoms with E-state index in [-0.39, 0.29) is 0 Å². The maximum atomic E-state index is 5.92. The zero-order chi connectivity index (χ0) is 12.8. The van der Waals surface area contributed by atoms with E-state index in [1.807, 2.05) is 0 Å². The first-order chi connectivity index (χ1) is 8.81. The number of hydrogen-bond donors (Lipinski definition) is 1. The summed E-state index contributed by atoms with van der Waals surface area (Å²) in [6.45, 7) is 7.06. The van der Waals surface area contributed by atoms with Crippen molar-refractivity contribution in [3.63, 3.8) is 0 Å². The fourth-order valence-corrected chi connectivity index (χ4v) is 2.98. The van der Waals surface area contributed by atoms with Crippen LogP contribution in [0.1, 0.15) is 39.0 Å². The van der Waals surface area contributed by atoms with Crippen molar-refractivity contribution in [2.24, 2.45) is 5.73 Å². The quantitative estimate of drug-likeness (QED) is 0.780. The molecule has 0 saturated carbocycles. The van der Waals surface area contributed by atoms with E-state index in [1.54, 1.807) is 0 Å². The van der Waals surface area contributed by atoms with Crippen molar-refractivity contribution in [2.75, 3.05) is 32.8 Å². The van der Waals surface area contributed by atoms with Gasteiger partial charge in [-0.15, -0.1) is 0 Å². The standard InChI is InChI=1S/C14H28N2O2/c1-2-8-17-13-4-3-7-16(10-13)11-14-6-5-12(9-15)18-14/h12-14H,2-11,15H2,1H3. The Kier molecular flexibility index (Phi) is 5.89. The van der Waals surface area contributed by atoms with Crippen molar-refractivity contribution in [2.45, 2.75) is 57.3 Å². The monoisotopic (exact) mass is 256 g/mol. The molecule has 3 unspecified atom stereocenters. The van der Waals surface area contributed by atoms with E-state index < -0.39 is 0 Å². The maximum absolute atomic E-state index is 5.92. The van der Waals surface area contributed by atoms with Crippen LogP contribution in [-0.4, -0.2) is 56.0 Å². The maximum Gasteiger partial charge on any atom is 0.0707 e. The molecule has 3 atom stereocenters. The summed E-state index contributed by atoms with van der Waals surface area (Å²) < 4.78 is 11.8. The highest BCUT2D eigenvalue weighted by Gasteiger charge is 2.28. The molecule has 0 bridgehead atoms. The second kappa shape index (κ2) is 7.43. The summed E-state index contributed by atoms with van der Waals surface area (Å²) in [5.74, 6) is 0. The lowest BCUT2D eigenvalue weighted by Gasteiger charge is -2.34. The largest absolute Gasteiger partial charge is 0.377 e. The minimum Gasteiger partial charge on any atom is -0.377 e. The van der Waals surface area contributed by atoms with Crippen molar-refractivity contribution in [1.29, 1.82) is 0 Å².